The van der Waals surface area contributed by atoms with Crippen molar-refractivity contribution >= 4 is 0 Å². The van der Waals surface area contributed by atoms with Gasteiger partial charge in [-0.05, 0) is 31.0 Å². The molecule has 2 aromatic heterocycles. The van der Waals surface area contributed by atoms with Gasteiger partial charge < -0.3 is 4.42 Å². The summed E-state index contributed by atoms with van der Waals surface area (Å²) in [4.78, 5) is 9.27. The molecular formula is C21H20N4O. The van der Waals surface area contributed by atoms with Crippen LogP contribution >= 0.6 is 0 Å². The van der Waals surface area contributed by atoms with E-state index in [1.807, 2.05) is 49.4 Å². The van der Waals surface area contributed by atoms with Crippen LogP contribution in [-0.2, 0) is 6.42 Å². The van der Waals surface area contributed by atoms with Crippen LogP contribution in [0.5, 0.6) is 0 Å². The zero-order valence-corrected chi connectivity index (χ0v) is 14.7. The summed E-state index contributed by atoms with van der Waals surface area (Å²) < 4.78 is 5.86. The monoisotopic (exact) mass is 344 g/mol. The summed E-state index contributed by atoms with van der Waals surface area (Å²) in [5.74, 6) is 0.853. The second-order valence-electron chi connectivity index (χ2n) is 5.98. The van der Waals surface area contributed by atoms with Crippen molar-refractivity contribution < 1.29 is 5.84 Å². The Morgan fingerprint density at radius 3 is 2.46 bits per heavy atom. The van der Waals surface area contributed by atoms with Gasteiger partial charge in [-0.3, -0.25) is 4.98 Å². The van der Waals surface area contributed by atoms with Crippen molar-refractivity contribution in [3.05, 3.63) is 72.1 Å². The fourth-order valence-electron chi connectivity index (χ4n) is 2.88. The van der Waals surface area contributed by atoms with Crippen molar-refractivity contribution in [2.75, 3.05) is 0 Å². The van der Waals surface area contributed by atoms with Gasteiger partial charge in [-0.2, -0.15) is 0 Å². The standard InChI is InChI=1S/C21H18N4O.H2/c1-3-15-9-7-8-12-17(15)18-13-22-14(2)19(23-18)21-25-24-20(26-21)16-10-5-4-6-11-16;/h4-13H,3H2,1-2H3;1H. The number of aryl methyl sites for hydroxylation is 2. The van der Waals surface area contributed by atoms with Crippen LogP contribution in [0.3, 0.4) is 0 Å². The first-order valence-electron chi connectivity index (χ1n) is 8.57. The summed E-state index contributed by atoms with van der Waals surface area (Å²) in [5, 5.41) is 8.34. The van der Waals surface area contributed by atoms with Gasteiger partial charge in [-0.15, -0.1) is 10.2 Å². The molecule has 0 spiro atoms. The van der Waals surface area contributed by atoms with Gasteiger partial charge in [0.2, 0.25) is 5.89 Å². The summed E-state index contributed by atoms with van der Waals surface area (Å²) in [6.07, 6.45) is 2.72. The molecule has 26 heavy (non-hydrogen) atoms. The molecular weight excluding hydrogens is 324 g/mol. The van der Waals surface area contributed by atoms with E-state index in [0.29, 0.717) is 17.5 Å². The number of rotatable bonds is 4. The summed E-state index contributed by atoms with van der Waals surface area (Å²) in [5.41, 5.74) is 5.36. The molecule has 0 saturated carbocycles. The lowest BCUT2D eigenvalue weighted by atomic mass is 10.0. The summed E-state index contributed by atoms with van der Waals surface area (Å²) in [6, 6.07) is 17.9. The molecule has 0 N–H and O–H groups in total. The van der Waals surface area contributed by atoms with Gasteiger partial charge in [-0.1, -0.05) is 49.4 Å². The topological polar surface area (TPSA) is 64.7 Å². The quantitative estimate of drug-likeness (QED) is 0.522. The highest BCUT2D eigenvalue weighted by Gasteiger charge is 2.16. The summed E-state index contributed by atoms with van der Waals surface area (Å²) in [7, 11) is 0. The van der Waals surface area contributed by atoms with Gasteiger partial charge in [-0.25, -0.2) is 4.98 Å². The Morgan fingerprint density at radius 2 is 1.65 bits per heavy atom. The van der Waals surface area contributed by atoms with Crippen LogP contribution in [-0.4, -0.2) is 20.2 Å². The smallest absolute Gasteiger partial charge is 0.268 e. The van der Waals surface area contributed by atoms with E-state index in [4.69, 9.17) is 9.40 Å². The average Bonchev–Trinajstić information content (AvgIpc) is 3.19. The van der Waals surface area contributed by atoms with Crippen molar-refractivity contribution in [1.29, 1.82) is 0 Å². The number of nitrogens with zero attached hydrogens (tertiary/aromatic N) is 4. The second kappa shape index (κ2) is 6.88. The molecule has 5 heteroatoms. The van der Waals surface area contributed by atoms with Crippen molar-refractivity contribution in [3.8, 4) is 34.3 Å². The van der Waals surface area contributed by atoms with E-state index in [2.05, 4.69) is 34.2 Å². The van der Waals surface area contributed by atoms with Crippen molar-refractivity contribution in [1.82, 2.24) is 20.2 Å². The maximum atomic E-state index is 5.86. The van der Waals surface area contributed by atoms with Gasteiger partial charge in [0.15, 0.2) is 0 Å². The molecule has 0 unspecified atom stereocenters. The van der Waals surface area contributed by atoms with E-state index in [0.717, 1.165) is 28.9 Å². The lowest BCUT2D eigenvalue weighted by molar-refractivity contribution is 0.581. The Balaban J connectivity index is 0.00000210. The van der Waals surface area contributed by atoms with Crippen LogP contribution in [0.1, 0.15) is 19.6 Å². The highest BCUT2D eigenvalue weighted by Crippen LogP contribution is 2.28. The lowest BCUT2D eigenvalue weighted by Crippen LogP contribution is -1.97. The van der Waals surface area contributed by atoms with Crippen LogP contribution in [0.15, 0.2) is 65.2 Å². The Hall–Kier alpha value is -3.34. The molecule has 0 aliphatic heterocycles. The molecule has 130 valence electrons. The molecule has 0 fully saturated rings. The maximum Gasteiger partial charge on any atom is 0.268 e. The third-order valence-electron chi connectivity index (χ3n) is 4.28. The fraction of sp³-hybridized carbons (Fsp3) is 0.143. The molecule has 4 rings (SSSR count). The van der Waals surface area contributed by atoms with Crippen LogP contribution in [0.25, 0.3) is 34.3 Å². The van der Waals surface area contributed by atoms with Crippen LogP contribution in [0, 0.1) is 6.92 Å². The van der Waals surface area contributed by atoms with E-state index in [1.54, 1.807) is 6.20 Å². The molecule has 4 aromatic rings. The minimum absolute atomic E-state index is 0. The first-order chi connectivity index (χ1) is 12.8. The molecule has 0 aliphatic carbocycles. The number of hydrogen-bond acceptors (Lipinski definition) is 5. The highest BCUT2D eigenvalue weighted by atomic mass is 16.4. The van der Waals surface area contributed by atoms with E-state index in [1.165, 1.54) is 5.56 Å². The zero-order chi connectivity index (χ0) is 17.9. The Kier molecular flexibility index (Phi) is 4.27. The first-order valence-corrected chi connectivity index (χ1v) is 8.57. The number of benzene rings is 2. The first kappa shape index (κ1) is 16.1. The van der Waals surface area contributed by atoms with Crippen LogP contribution < -0.4 is 0 Å². The molecule has 0 amide bonds. The van der Waals surface area contributed by atoms with Gasteiger partial charge in [0.25, 0.3) is 5.89 Å². The molecule has 2 heterocycles. The number of hydrogen-bond donors (Lipinski definition) is 0. The molecule has 0 radical (unpaired) electrons. The lowest BCUT2D eigenvalue weighted by Gasteiger charge is -2.08. The minimum Gasteiger partial charge on any atom is -0.415 e. The Morgan fingerprint density at radius 1 is 0.923 bits per heavy atom. The number of aromatic nitrogens is 4. The molecule has 0 bridgehead atoms. The van der Waals surface area contributed by atoms with Crippen molar-refractivity contribution in [2.24, 2.45) is 0 Å². The molecule has 0 atom stereocenters. The maximum absolute atomic E-state index is 5.86. The Bertz CT molecular complexity index is 1050. The Labute approximate surface area is 153 Å². The van der Waals surface area contributed by atoms with Gasteiger partial charge >= 0.3 is 0 Å². The third-order valence-corrected chi connectivity index (χ3v) is 4.28. The van der Waals surface area contributed by atoms with Crippen LogP contribution in [0.4, 0.5) is 0 Å². The van der Waals surface area contributed by atoms with E-state index in [-0.39, 0.29) is 1.43 Å². The minimum atomic E-state index is 0. The van der Waals surface area contributed by atoms with Crippen molar-refractivity contribution in [2.45, 2.75) is 20.3 Å². The normalized spacial score (nSPS) is 10.8. The molecule has 0 saturated heterocycles. The SMILES string of the molecule is CCc1ccccc1-c1cnc(C)c(-c2nnc(-c3ccccc3)o2)n1.[HH]. The zero-order valence-electron chi connectivity index (χ0n) is 14.7. The van der Waals surface area contributed by atoms with Gasteiger partial charge in [0, 0.05) is 12.6 Å². The summed E-state index contributed by atoms with van der Waals surface area (Å²) in [6.45, 7) is 4.02. The van der Waals surface area contributed by atoms with Gasteiger partial charge in [0.05, 0.1) is 17.6 Å². The largest absolute Gasteiger partial charge is 0.415 e. The van der Waals surface area contributed by atoms with Gasteiger partial charge in [0.1, 0.15) is 5.69 Å². The highest BCUT2D eigenvalue weighted by molar-refractivity contribution is 5.66. The average molecular weight is 344 g/mol. The van der Waals surface area contributed by atoms with E-state index < -0.39 is 0 Å². The molecule has 2 aromatic carbocycles. The van der Waals surface area contributed by atoms with E-state index in [9.17, 15) is 0 Å². The fourth-order valence-corrected chi connectivity index (χ4v) is 2.88. The van der Waals surface area contributed by atoms with Crippen LogP contribution in [0.2, 0.25) is 0 Å². The summed E-state index contributed by atoms with van der Waals surface area (Å²) >= 11 is 0. The second-order valence-corrected chi connectivity index (χ2v) is 5.98. The third kappa shape index (κ3) is 2.99. The predicted octanol–water partition coefficient (Wildman–Crippen LogP) is 4.98. The predicted molar refractivity (Wildman–Crippen MR) is 102 cm³/mol. The van der Waals surface area contributed by atoms with E-state index >= 15 is 0 Å². The molecule has 0 aliphatic rings. The molecule has 5 nitrogen and oxygen atoms in total. The van der Waals surface area contributed by atoms with Crippen molar-refractivity contribution in [3.63, 3.8) is 0 Å².